The lowest BCUT2D eigenvalue weighted by Gasteiger charge is -2.26. The Labute approximate surface area is 224 Å². The number of anilines is 3. The van der Waals surface area contributed by atoms with Gasteiger partial charge in [-0.3, -0.25) is 4.98 Å². The number of hydrogen-bond donors (Lipinski definition) is 0. The van der Waals surface area contributed by atoms with E-state index in [4.69, 9.17) is 4.98 Å². The molecule has 0 aliphatic carbocycles. The molecule has 0 spiro atoms. The van der Waals surface area contributed by atoms with Crippen LogP contribution in [0, 0.1) is 0 Å². The van der Waals surface area contributed by atoms with Crippen LogP contribution in [0.2, 0.25) is 0 Å². The van der Waals surface area contributed by atoms with Crippen molar-refractivity contribution < 1.29 is 0 Å². The van der Waals surface area contributed by atoms with Crippen molar-refractivity contribution in [2.24, 2.45) is 0 Å². The Morgan fingerprint density at radius 2 is 1.05 bits per heavy atom. The minimum Gasteiger partial charge on any atom is -0.310 e. The van der Waals surface area contributed by atoms with E-state index in [1.807, 2.05) is 17.5 Å². The third-order valence-electron chi connectivity index (χ3n) is 7.43. The quantitative estimate of drug-likeness (QED) is 0.239. The van der Waals surface area contributed by atoms with Crippen LogP contribution in [-0.4, -0.2) is 4.98 Å². The van der Waals surface area contributed by atoms with Crippen molar-refractivity contribution in [3.63, 3.8) is 0 Å². The van der Waals surface area contributed by atoms with Crippen LogP contribution in [0.1, 0.15) is 0 Å². The minimum absolute atomic E-state index is 1.01. The van der Waals surface area contributed by atoms with Gasteiger partial charge in [-0.25, -0.2) is 0 Å². The molecule has 0 aliphatic heterocycles. The van der Waals surface area contributed by atoms with Gasteiger partial charge >= 0.3 is 0 Å². The van der Waals surface area contributed by atoms with Crippen molar-refractivity contribution >= 4 is 81.0 Å². The number of rotatable bonds is 3. The number of aromatic nitrogens is 1. The molecule has 2 nitrogen and oxygen atoms in total. The van der Waals surface area contributed by atoms with Crippen molar-refractivity contribution in [2.75, 3.05) is 4.90 Å². The number of nitrogens with zero attached hydrogens (tertiary/aromatic N) is 2. The van der Waals surface area contributed by atoms with Crippen molar-refractivity contribution in [3.8, 4) is 0 Å². The number of pyridine rings is 1. The minimum atomic E-state index is 1.01. The third kappa shape index (κ3) is 3.37. The van der Waals surface area contributed by atoms with Gasteiger partial charge in [-0.1, -0.05) is 78.9 Å². The van der Waals surface area contributed by atoms with E-state index in [1.165, 1.54) is 47.1 Å². The smallest absolute Gasteiger partial charge is 0.0737 e. The van der Waals surface area contributed by atoms with Crippen LogP contribution in [0.4, 0.5) is 17.1 Å². The lowest BCUT2D eigenvalue weighted by Crippen LogP contribution is -2.10. The highest BCUT2D eigenvalue weighted by Gasteiger charge is 2.16. The van der Waals surface area contributed by atoms with Crippen LogP contribution < -0.4 is 4.90 Å². The fourth-order valence-corrected chi connectivity index (χ4v) is 6.77. The molecule has 0 unspecified atom stereocenters. The third-order valence-corrected chi connectivity index (χ3v) is 8.65. The Balaban J connectivity index is 1.36. The molecule has 0 radical (unpaired) electrons. The predicted octanol–water partition coefficient (Wildman–Crippen LogP) is 10.4. The zero-order chi connectivity index (χ0) is 25.1. The molecule has 178 valence electrons. The number of benzene rings is 6. The van der Waals surface area contributed by atoms with Crippen molar-refractivity contribution in [2.45, 2.75) is 0 Å². The first-order valence-corrected chi connectivity index (χ1v) is 13.6. The molecular weight excluding hydrogens is 480 g/mol. The second-order valence-electron chi connectivity index (χ2n) is 9.70. The van der Waals surface area contributed by atoms with Gasteiger partial charge in [-0.05, 0) is 70.1 Å². The molecule has 0 bridgehead atoms. The first kappa shape index (κ1) is 21.4. The summed E-state index contributed by atoms with van der Waals surface area (Å²) >= 11 is 1.85. The SMILES string of the molecule is c1ccc2cc(N(c3ccc4ccccc4c3)c3ccc4c(c3)ncc3c5ccccc5sc43)ccc2c1. The van der Waals surface area contributed by atoms with Gasteiger partial charge in [0.25, 0.3) is 0 Å². The molecule has 38 heavy (non-hydrogen) atoms. The predicted molar refractivity (Wildman–Crippen MR) is 164 cm³/mol. The summed E-state index contributed by atoms with van der Waals surface area (Å²) in [4.78, 5) is 7.28. The highest BCUT2D eigenvalue weighted by molar-refractivity contribution is 7.26. The van der Waals surface area contributed by atoms with Crippen LogP contribution in [0.15, 0.2) is 134 Å². The molecule has 2 aromatic heterocycles. The van der Waals surface area contributed by atoms with Crippen LogP contribution in [-0.2, 0) is 0 Å². The molecule has 6 aromatic carbocycles. The van der Waals surface area contributed by atoms with Gasteiger partial charge in [0.15, 0.2) is 0 Å². The average Bonchev–Trinajstić information content (AvgIpc) is 3.36. The van der Waals surface area contributed by atoms with Gasteiger partial charge in [0.1, 0.15) is 0 Å². The average molecular weight is 503 g/mol. The number of fused-ring (bicyclic) bond motifs is 7. The highest BCUT2D eigenvalue weighted by Crippen LogP contribution is 2.41. The molecule has 0 saturated heterocycles. The second-order valence-corrected chi connectivity index (χ2v) is 10.8. The van der Waals surface area contributed by atoms with E-state index in [0.29, 0.717) is 0 Å². The molecule has 0 atom stereocenters. The Bertz CT molecular complexity index is 2080. The topological polar surface area (TPSA) is 16.1 Å². The summed E-state index contributed by atoms with van der Waals surface area (Å²) in [6.45, 7) is 0. The molecule has 0 aliphatic rings. The standard InChI is InChI=1S/C35H22N2S/c1-3-9-25-19-27(15-13-23(25)7-1)37(28-16-14-24-8-2-4-10-26(24)20-28)29-17-18-31-33(21-29)36-22-32-30-11-5-6-12-34(30)38-35(31)32/h1-22H. The zero-order valence-electron chi connectivity index (χ0n) is 20.5. The van der Waals surface area contributed by atoms with Crippen LogP contribution >= 0.6 is 11.3 Å². The van der Waals surface area contributed by atoms with E-state index in [-0.39, 0.29) is 0 Å². The molecular formula is C35H22N2S. The molecule has 0 N–H and O–H groups in total. The largest absolute Gasteiger partial charge is 0.310 e. The van der Waals surface area contributed by atoms with Gasteiger partial charge < -0.3 is 4.90 Å². The first-order chi connectivity index (χ1) is 18.8. The van der Waals surface area contributed by atoms with Gasteiger partial charge in [-0.15, -0.1) is 11.3 Å². The fourth-order valence-electron chi connectivity index (χ4n) is 5.56. The summed E-state index contributed by atoms with van der Waals surface area (Å²) in [5.41, 5.74) is 4.35. The second kappa shape index (κ2) is 8.41. The van der Waals surface area contributed by atoms with Crippen LogP contribution in [0.25, 0.3) is 52.6 Å². The van der Waals surface area contributed by atoms with E-state index in [9.17, 15) is 0 Å². The summed E-state index contributed by atoms with van der Waals surface area (Å²) in [6, 6.07) is 45.8. The monoisotopic (exact) mass is 502 g/mol. The van der Waals surface area contributed by atoms with E-state index < -0.39 is 0 Å². The van der Waals surface area contributed by atoms with Crippen LogP contribution in [0.3, 0.4) is 0 Å². The van der Waals surface area contributed by atoms with E-state index >= 15 is 0 Å². The van der Waals surface area contributed by atoms with Crippen molar-refractivity contribution in [3.05, 3.63) is 134 Å². The van der Waals surface area contributed by atoms with Gasteiger partial charge in [0.2, 0.25) is 0 Å². The Morgan fingerprint density at radius 3 is 1.76 bits per heavy atom. The molecule has 0 fully saturated rings. The highest BCUT2D eigenvalue weighted by atomic mass is 32.1. The summed E-state index contributed by atoms with van der Waals surface area (Å²) in [5, 5.41) is 8.63. The molecule has 8 rings (SSSR count). The first-order valence-electron chi connectivity index (χ1n) is 12.8. The summed E-state index contributed by atoms with van der Waals surface area (Å²) in [7, 11) is 0. The summed E-state index contributed by atoms with van der Waals surface area (Å²) < 4.78 is 2.60. The van der Waals surface area contributed by atoms with Gasteiger partial charge in [-0.2, -0.15) is 0 Å². The zero-order valence-corrected chi connectivity index (χ0v) is 21.3. The van der Waals surface area contributed by atoms with E-state index in [0.717, 1.165) is 22.6 Å². The molecule has 3 heteroatoms. The van der Waals surface area contributed by atoms with Gasteiger partial charge in [0.05, 0.1) is 5.52 Å². The van der Waals surface area contributed by atoms with Crippen molar-refractivity contribution in [1.82, 2.24) is 4.98 Å². The maximum Gasteiger partial charge on any atom is 0.0737 e. The normalized spacial score (nSPS) is 11.7. The van der Waals surface area contributed by atoms with Crippen LogP contribution in [0.5, 0.6) is 0 Å². The number of hydrogen-bond acceptors (Lipinski definition) is 3. The van der Waals surface area contributed by atoms with E-state index in [1.54, 1.807) is 0 Å². The lowest BCUT2D eigenvalue weighted by molar-refractivity contribution is 1.29. The molecule has 0 amide bonds. The van der Waals surface area contributed by atoms with Gasteiger partial charge in [0, 0.05) is 48.8 Å². The van der Waals surface area contributed by atoms with Crippen molar-refractivity contribution in [1.29, 1.82) is 0 Å². The maximum absolute atomic E-state index is 4.94. The van der Waals surface area contributed by atoms with E-state index in [2.05, 4.69) is 132 Å². The number of thiophene rings is 1. The summed E-state index contributed by atoms with van der Waals surface area (Å²) in [6.07, 6.45) is 2.04. The Morgan fingerprint density at radius 1 is 0.474 bits per heavy atom. The lowest BCUT2D eigenvalue weighted by atomic mass is 10.1. The summed E-state index contributed by atoms with van der Waals surface area (Å²) in [5.74, 6) is 0. The fraction of sp³-hybridized carbons (Fsp3) is 0. The Kier molecular flexibility index (Phi) is 4.73. The molecule has 8 aromatic rings. The molecule has 2 heterocycles. The maximum atomic E-state index is 4.94. The molecule has 0 saturated carbocycles. The Hall–Kier alpha value is -4.73.